The van der Waals surface area contributed by atoms with E-state index in [1.807, 2.05) is 6.92 Å². The SMILES string of the molecule is C=C(C)c1ccc(-c2ccc(C(=C)/C=C(/C)c3ccccc3C)cc2)cc1. The zero-order chi connectivity index (χ0) is 19.4. The van der Waals surface area contributed by atoms with E-state index in [1.54, 1.807) is 0 Å². The van der Waals surface area contributed by atoms with Crippen LogP contribution in [-0.4, -0.2) is 0 Å². The largest absolute Gasteiger partial charge is 0.0955 e. The predicted octanol–water partition coefficient (Wildman–Crippen LogP) is 7.81. The molecular formula is C27H26. The quantitative estimate of drug-likeness (QED) is 0.412. The third kappa shape index (κ3) is 4.35. The summed E-state index contributed by atoms with van der Waals surface area (Å²) in [6.07, 6.45) is 2.17. The highest BCUT2D eigenvalue weighted by Gasteiger charge is 2.03. The Morgan fingerprint density at radius 2 is 1.22 bits per heavy atom. The van der Waals surface area contributed by atoms with Crippen molar-refractivity contribution in [3.63, 3.8) is 0 Å². The summed E-state index contributed by atoms with van der Waals surface area (Å²) in [5, 5.41) is 0. The zero-order valence-electron chi connectivity index (χ0n) is 16.4. The zero-order valence-corrected chi connectivity index (χ0v) is 16.4. The molecule has 0 saturated heterocycles. The van der Waals surface area contributed by atoms with Gasteiger partial charge in [-0.25, -0.2) is 0 Å². The van der Waals surface area contributed by atoms with Crippen molar-refractivity contribution in [2.75, 3.05) is 0 Å². The van der Waals surface area contributed by atoms with E-state index in [1.165, 1.54) is 33.4 Å². The molecular weight excluding hydrogens is 324 g/mol. The fourth-order valence-electron chi connectivity index (χ4n) is 3.26. The summed E-state index contributed by atoms with van der Waals surface area (Å²) >= 11 is 0. The van der Waals surface area contributed by atoms with Crippen LogP contribution < -0.4 is 0 Å². The monoisotopic (exact) mass is 350 g/mol. The average molecular weight is 351 g/mol. The van der Waals surface area contributed by atoms with Crippen LogP contribution in [0.2, 0.25) is 0 Å². The lowest BCUT2D eigenvalue weighted by molar-refractivity contribution is 1.41. The lowest BCUT2D eigenvalue weighted by atomic mass is 9.96. The van der Waals surface area contributed by atoms with E-state index >= 15 is 0 Å². The molecule has 0 aromatic heterocycles. The normalized spacial score (nSPS) is 11.3. The number of rotatable bonds is 5. The maximum Gasteiger partial charge on any atom is -0.0184 e. The van der Waals surface area contributed by atoms with Crippen molar-refractivity contribution in [1.82, 2.24) is 0 Å². The van der Waals surface area contributed by atoms with Crippen molar-refractivity contribution in [1.29, 1.82) is 0 Å². The van der Waals surface area contributed by atoms with Crippen LogP contribution in [0.5, 0.6) is 0 Å². The van der Waals surface area contributed by atoms with Crippen LogP contribution in [0.4, 0.5) is 0 Å². The number of aryl methyl sites for hydroxylation is 1. The summed E-state index contributed by atoms with van der Waals surface area (Å²) in [4.78, 5) is 0. The molecule has 0 heterocycles. The molecule has 0 bridgehead atoms. The van der Waals surface area contributed by atoms with Gasteiger partial charge >= 0.3 is 0 Å². The molecule has 0 atom stereocenters. The van der Waals surface area contributed by atoms with E-state index in [2.05, 4.69) is 106 Å². The van der Waals surface area contributed by atoms with Crippen molar-refractivity contribution in [2.45, 2.75) is 20.8 Å². The lowest BCUT2D eigenvalue weighted by Gasteiger charge is -2.09. The van der Waals surface area contributed by atoms with Gasteiger partial charge in [0.1, 0.15) is 0 Å². The van der Waals surface area contributed by atoms with Crippen molar-refractivity contribution < 1.29 is 0 Å². The predicted molar refractivity (Wildman–Crippen MR) is 120 cm³/mol. The fourth-order valence-corrected chi connectivity index (χ4v) is 3.26. The molecule has 0 radical (unpaired) electrons. The second kappa shape index (κ2) is 8.05. The molecule has 0 spiro atoms. The third-order valence-electron chi connectivity index (χ3n) is 4.93. The van der Waals surface area contributed by atoms with E-state index < -0.39 is 0 Å². The lowest BCUT2D eigenvalue weighted by Crippen LogP contribution is -1.87. The van der Waals surface area contributed by atoms with Crippen molar-refractivity contribution in [2.24, 2.45) is 0 Å². The maximum absolute atomic E-state index is 4.27. The van der Waals surface area contributed by atoms with Crippen LogP contribution in [0.15, 0.2) is 92.0 Å². The molecule has 0 aliphatic rings. The number of hydrogen-bond acceptors (Lipinski definition) is 0. The van der Waals surface area contributed by atoms with Gasteiger partial charge in [-0.05, 0) is 65.3 Å². The molecule has 0 heteroatoms. The Labute approximate surface area is 163 Å². The molecule has 3 rings (SSSR count). The van der Waals surface area contributed by atoms with Gasteiger partial charge in [0.05, 0.1) is 0 Å². The molecule has 3 aromatic carbocycles. The van der Waals surface area contributed by atoms with E-state index in [9.17, 15) is 0 Å². The van der Waals surface area contributed by atoms with E-state index in [4.69, 9.17) is 0 Å². The van der Waals surface area contributed by atoms with E-state index in [-0.39, 0.29) is 0 Å². The molecule has 0 unspecified atom stereocenters. The molecule has 0 aliphatic carbocycles. The minimum absolute atomic E-state index is 1.03. The Bertz CT molecular complexity index is 997. The van der Waals surface area contributed by atoms with Crippen LogP contribution >= 0.6 is 0 Å². The highest BCUT2D eigenvalue weighted by atomic mass is 14.1. The van der Waals surface area contributed by atoms with Crippen molar-refractivity contribution in [3.8, 4) is 11.1 Å². The van der Waals surface area contributed by atoms with Crippen LogP contribution in [0.3, 0.4) is 0 Å². The topological polar surface area (TPSA) is 0 Å². The standard InChI is InChI=1S/C27H26/c1-19(2)23-10-14-25(15-11-23)26-16-12-24(13-17-26)21(4)18-22(5)27-9-7-6-8-20(27)3/h6-18H,1,4H2,2-3,5H3/b22-18-. The number of benzene rings is 3. The van der Waals surface area contributed by atoms with Gasteiger partial charge in [-0.2, -0.15) is 0 Å². The second-order valence-electron chi connectivity index (χ2n) is 7.10. The highest BCUT2D eigenvalue weighted by Crippen LogP contribution is 2.26. The summed E-state index contributed by atoms with van der Waals surface area (Å²) < 4.78 is 0. The summed E-state index contributed by atoms with van der Waals surface area (Å²) in [6, 6.07) is 25.6. The van der Waals surface area contributed by atoms with E-state index in [0.717, 1.165) is 16.7 Å². The first kappa shape index (κ1) is 18.7. The molecule has 3 aromatic rings. The Balaban J connectivity index is 1.80. The first-order valence-corrected chi connectivity index (χ1v) is 9.25. The van der Waals surface area contributed by atoms with E-state index in [0.29, 0.717) is 0 Å². The van der Waals surface area contributed by atoms with Crippen LogP contribution in [0.1, 0.15) is 36.1 Å². The van der Waals surface area contributed by atoms with Gasteiger partial charge in [0.2, 0.25) is 0 Å². The van der Waals surface area contributed by atoms with Crippen molar-refractivity contribution >= 4 is 16.7 Å². The summed E-state index contributed by atoms with van der Waals surface area (Å²) in [5.41, 5.74) is 10.6. The van der Waals surface area contributed by atoms with Gasteiger partial charge in [0.25, 0.3) is 0 Å². The Morgan fingerprint density at radius 3 is 1.74 bits per heavy atom. The number of allylic oxidation sites excluding steroid dienone is 4. The molecule has 0 aliphatic heterocycles. The van der Waals surface area contributed by atoms with Crippen LogP contribution in [0, 0.1) is 6.92 Å². The smallest absolute Gasteiger partial charge is 0.0184 e. The Hall–Kier alpha value is -3.12. The molecule has 0 saturated carbocycles. The van der Waals surface area contributed by atoms with Gasteiger partial charge < -0.3 is 0 Å². The van der Waals surface area contributed by atoms with Gasteiger partial charge in [-0.3, -0.25) is 0 Å². The van der Waals surface area contributed by atoms with Crippen LogP contribution in [-0.2, 0) is 0 Å². The summed E-state index contributed by atoms with van der Waals surface area (Å²) in [7, 11) is 0. The Kier molecular flexibility index (Phi) is 5.57. The van der Waals surface area contributed by atoms with Gasteiger partial charge in [-0.15, -0.1) is 0 Å². The minimum Gasteiger partial charge on any atom is -0.0955 e. The fraction of sp³-hybridized carbons (Fsp3) is 0.111. The van der Waals surface area contributed by atoms with Crippen molar-refractivity contribution in [3.05, 3.63) is 114 Å². The first-order valence-electron chi connectivity index (χ1n) is 9.25. The van der Waals surface area contributed by atoms with Gasteiger partial charge in [0.15, 0.2) is 0 Å². The minimum atomic E-state index is 1.03. The molecule has 0 amide bonds. The summed E-state index contributed by atoms with van der Waals surface area (Å²) in [6.45, 7) is 14.6. The molecule has 0 N–H and O–H groups in total. The highest BCUT2D eigenvalue weighted by molar-refractivity contribution is 5.83. The first-order chi connectivity index (χ1) is 13.0. The van der Waals surface area contributed by atoms with Crippen LogP contribution in [0.25, 0.3) is 27.8 Å². The maximum atomic E-state index is 4.27. The average Bonchev–Trinajstić information content (AvgIpc) is 2.68. The van der Waals surface area contributed by atoms with Gasteiger partial charge in [0, 0.05) is 0 Å². The van der Waals surface area contributed by atoms with Gasteiger partial charge in [-0.1, -0.05) is 97.6 Å². The molecule has 134 valence electrons. The molecule has 0 fully saturated rings. The summed E-state index contributed by atoms with van der Waals surface area (Å²) in [5.74, 6) is 0. The second-order valence-corrected chi connectivity index (χ2v) is 7.10. The molecule has 0 nitrogen and oxygen atoms in total. The third-order valence-corrected chi connectivity index (χ3v) is 4.93. The molecule has 27 heavy (non-hydrogen) atoms. The number of hydrogen-bond donors (Lipinski definition) is 0. The Morgan fingerprint density at radius 1 is 0.704 bits per heavy atom.